The van der Waals surface area contributed by atoms with Crippen LogP contribution in [0.1, 0.15) is 39.1 Å². The van der Waals surface area contributed by atoms with Gasteiger partial charge in [-0.1, -0.05) is 36.4 Å². The molecule has 3 aromatic rings. The maximum atomic E-state index is 13.1. The molecule has 182 valence electrons. The zero-order valence-corrected chi connectivity index (χ0v) is 20.1. The molecule has 9 heteroatoms. The van der Waals surface area contributed by atoms with E-state index in [9.17, 15) is 18.0 Å². The third-order valence-electron chi connectivity index (χ3n) is 5.81. The fourth-order valence-electron chi connectivity index (χ4n) is 3.88. The number of sulfonamides is 1. The zero-order chi connectivity index (χ0) is 24.8. The average molecular weight is 494 g/mol. The van der Waals surface area contributed by atoms with Gasteiger partial charge >= 0.3 is 0 Å². The third-order valence-corrected chi connectivity index (χ3v) is 7.19. The topological polar surface area (TPSA) is 114 Å². The van der Waals surface area contributed by atoms with Crippen LogP contribution < -0.4 is 15.4 Å². The number of hydrogen-bond donors (Lipinski definition) is 3. The maximum Gasteiger partial charge on any atom is 0.261 e. The van der Waals surface area contributed by atoms with Crippen LogP contribution in [0.15, 0.2) is 77.7 Å². The van der Waals surface area contributed by atoms with Gasteiger partial charge in [0, 0.05) is 18.7 Å². The number of amides is 2. The molecular formula is C26H27N3O5S. The minimum Gasteiger partial charge on any atom is -0.376 e. The Bertz CT molecular complexity index is 1320. The van der Waals surface area contributed by atoms with Crippen LogP contribution in [-0.2, 0) is 14.8 Å². The van der Waals surface area contributed by atoms with E-state index in [4.69, 9.17) is 4.74 Å². The summed E-state index contributed by atoms with van der Waals surface area (Å²) in [4.78, 5) is 26.0. The van der Waals surface area contributed by atoms with Crippen LogP contribution in [0.3, 0.4) is 0 Å². The first-order valence-electron chi connectivity index (χ1n) is 11.3. The molecule has 0 bridgehead atoms. The van der Waals surface area contributed by atoms with Crippen LogP contribution in [-0.4, -0.2) is 39.5 Å². The van der Waals surface area contributed by atoms with Gasteiger partial charge in [-0.05, 0) is 61.7 Å². The average Bonchev–Trinajstić information content (AvgIpc) is 3.38. The van der Waals surface area contributed by atoms with Gasteiger partial charge in [-0.15, -0.1) is 0 Å². The van der Waals surface area contributed by atoms with Crippen molar-refractivity contribution in [2.75, 3.05) is 23.2 Å². The van der Waals surface area contributed by atoms with E-state index in [1.54, 1.807) is 67.6 Å². The number of para-hydroxylation sites is 1. The Balaban J connectivity index is 1.50. The molecule has 4 rings (SSSR count). The lowest BCUT2D eigenvalue weighted by molar-refractivity contribution is 0.0858. The van der Waals surface area contributed by atoms with Crippen molar-refractivity contribution >= 4 is 33.2 Å². The lowest BCUT2D eigenvalue weighted by Crippen LogP contribution is -2.32. The molecule has 8 nitrogen and oxygen atoms in total. The van der Waals surface area contributed by atoms with Crippen molar-refractivity contribution in [3.8, 4) is 0 Å². The summed E-state index contributed by atoms with van der Waals surface area (Å²) in [6, 6.07) is 19.5. The Morgan fingerprint density at radius 1 is 0.886 bits per heavy atom. The number of nitrogens with one attached hydrogen (secondary N) is 3. The highest BCUT2D eigenvalue weighted by Crippen LogP contribution is 2.24. The molecule has 1 aliphatic rings. The van der Waals surface area contributed by atoms with Crippen LogP contribution in [0.2, 0.25) is 0 Å². The summed E-state index contributed by atoms with van der Waals surface area (Å²) in [5.41, 5.74) is 1.73. The minimum atomic E-state index is -3.81. The van der Waals surface area contributed by atoms with Crippen LogP contribution in [0.4, 0.5) is 11.4 Å². The summed E-state index contributed by atoms with van der Waals surface area (Å²) < 4.78 is 33.6. The number of rotatable bonds is 8. The van der Waals surface area contributed by atoms with Crippen LogP contribution in [0.5, 0.6) is 0 Å². The highest BCUT2D eigenvalue weighted by Gasteiger charge is 2.21. The van der Waals surface area contributed by atoms with Crippen molar-refractivity contribution in [2.45, 2.75) is 30.8 Å². The second-order valence-electron chi connectivity index (χ2n) is 8.24. The van der Waals surface area contributed by atoms with Gasteiger partial charge in [0.15, 0.2) is 0 Å². The van der Waals surface area contributed by atoms with Gasteiger partial charge in [-0.3, -0.25) is 14.3 Å². The van der Waals surface area contributed by atoms with Gasteiger partial charge in [0.05, 0.1) is 27.9 Å². The third kappa shape index (κ3) is 5.87. The molecule has 0 aliphatic carbocycles. The van der Waals surface area contributed by atoms with Crippen molar-refractivity contribution in [3.05, 3.63) is 89.5 Å². The van der Waals surface area contributed by atoms with E-state index >= 15 is 0 Å². The predicted molar refractivity (Wildman–Crippen MR) is 134 cm³/mol. The standard InChI is InChI=1S/C26H27N3O5S/c1-18-21(13-7-15-23(18)29-35(32,33)20-10-3-2-4-11-20)26(31)28-24-14-6-5-12-22(24)25(30)27-17-19-9-8-16-34-19/h2-7,10-15,19,29H,8-9,16-17H2,1H3,(H,27,30)(H,28,31)/t19-/m0/s1. The van der Waals surface area contributed by atoms with E-state index < -0.39 is 15.9 Å². The van der Waals surface area contributed by atoms with Gasteiger partial charge in [-0.2, -0.15) is 0 Å². The Hall–Kier alpha value is -3.69. The first-order chi connectivity index (χ1) is 16.8. The van der Waals surface area contributed by atoms with Crippen molar-refractivity contribution in [3.63, 3.8) is 0 Å². The van der Waals surface area contributed by atoms with E-state index in [2.05, 4.69) is 15.4 Å². The number of benzene rings is 3. The SMILES string of the molecule is Cc1c(NS(=O)(=O)c2ccccc2)cccc1C(=O)Nc1ccccc1C(=O)NC[C@@H]1CCCO1. The molecule has 1 heterocycles. The second kappa shape index (κ2) is 10.7. The van der Waals surface area contributed by atoms with Gasteiger partial charge in [0.25, 0.3) is 21.8 Å². The fourth-order valence-corrected chi connectivity index (χ4v) is 5.03. The van der Waals surface area contributed by atoms with Gasteiger partial charge in [0.2, 0.25) is 0 Å². The lowest BCUT2D eigenvalue weighted by atomic mass is 10.1. The lowest BCUT2D eigenvalue weighted by Gasteiger charge is -2.16. The number of ether oxygens (including phenoxy) is 1. The maximum absolute atomic E-state index is 13.1. The molecule has 3 aromatic carbocycles. The highest BCUT2D eigenvalue weighted by atomic mass is 32.2. The quantitative estimate of drug-likeness (QED) is 0.440. The molecule has 2 amide bonds. The monoisotopic (exact) mass is 493 g/mol. The molecule has 0 unspecified atom stereocenters. The van der Waals surface area contributed by atoms with E-state index in [-0.39, 0.29) is 22.5 Å². The number of carbonyl (C=O) groups excluding carboxylic acids is 2. The fraction of sp³-hybridized carbons (Fsp3) is 0.231. The summed E-state index contributed by atoms with van der Waals surface area (Å²) in [6.45, 7) is 2.77. The molecule has 1 saturated heterocycles. The first-order valence-corrected chi connectivity index (χ1v) is 12.8. The predicted octanol–water partition coefficient (Wildman–Crippen LogP) is 3.96. The van der Waals surface area contributed by atoms with Gasteiger partial charge in [0.1, 0.15) is 0 Å². The number of hydrogen-bond acceptors (Lipinski definition) is 5. The highest BCUT2D eigenvalue weighted by molar-refractivity contribution is 7.92. The van der Waals surface area contributed by atoms with Gasteiger partial charge in [-0.25, -0.2) is 8.42 Å². The summed E-state index contributed by atoms with van der Waals surface area (Å²) >= 11 is 0. The zero-order valence-electron chi connectivity index (χ0n) is 19.3. The Kier molecular flexibility index (Phi) is 7.48. The number of anilines is 2. The normalized spacial score (nSPS) is 15.4. The molecule has 1 fully saturated rings. The number of carbonyl (C=O) groups is 2. The Morgan fingerprint density at radius 3 is 2.31 bits per heavy atom. The summed E-state index contributed by atoms with van der Waals surface area (Å²) in [7, 11) is -3.81. The van der Waals surface area contributed by atoms with Crippen molar-refractivity contribution < 1.29 is 22.7 Å². The molecular weight excluding hydrogens is 466 g/mol. The summed E-state index contributed by atoms with van der Waals surface area (Å²) in [5.74, 6) is -0.764. The van der Waals surface area contributed by atoms with Crippen LogP contribution >= 0.6 is 0 Å². The summed E-state index contributed by atoms with van der Waals surface area (Å²) in [6.07, 6.45) is 1.89. The smallest absolute Gasteiger partial charge is 0.261 e. The van der Waals surface area contributed by atoms with Gasteiger partial charge < -0.3 is 15.4 Å². The van der Waals surface area contributed by atoms with Crippen molar-refractivity contribution in [1.29, 1.82) is 0 Å². The molecule has 0 saturated carbocycles. The van der Waals surface area contributed by atoms with Crippen molar-refractivity contribution in [1.82, 2.24) is 5.32 Å². The second-order valence-corrected chi connectivity index (χ2v) is 9.92. The van der Waals surface area contributed by atoms with Crippen LogP contribution in [0, 0.1) is 6.92 Å². The first kappa shape index (κ1) is 24.4. The molecule has 0 spiro atoms. The summed E-state index contributed by atoms with van der Waals surface area (Å²) in [5, 5.41) is 5.65. The molecule has 3 N–H and O–H groups in total. The molecule has 0 aromatic heterocycles. The molecule has 35 heavy (non-hydrogen) atoms. The minimum absolute atomic E-state index is 0.00533. The largest absolute Gasteiger partial charge is 0.376 e. The van der Waals surface area contributed by atoms with E-state index in [1.807, 2.05) is 0 Å². The van der Waals surface area contributed by atoms with E-state index in [1.165, 1.54) is 12.1 Å². The Labute approximate surface area is 204 Å². The van der Waals surface area contributed by atoms with E-state index in [0.29, 0.717) is 35.7 Å². The van der Waals surface area contributed by atoms with E-state index in [0.717, 1.165) is 12.8 Å². The molecule has 1 atom stereocenters. The molecule has 1 aliphatic heterocycles. The van der Waals surface area contributed by atoms with Crippen molar-refractivity contribution in [2.24, 2.45) is 0 Å². The Morgan fingerprint density at radius 2 is 1.57 bits per heavy atom. The molecule has 0 radical (unpaired) electrons. The van der Waals surface area contributed by atoms with Crippen LogP contribution in [0.25, 0.3) is 0 Å².